The minimum absolute atomic E-state index is 0.149. The average Bonchev–Trinajstić information content (AvgIpc) is 2.59. The molecule has 0 saturated heterocycles. The molecule has 0 bridgehead atoms. The van der Waals surface area contributed by atoms with Crippen LogP contribution in [0.5, 0.6) is 11.5 Å². The molecule has 5 nitrogen and oxygen atoms in total. The van der Waals surface area contributed by atoms with E-state index in [0.29, 0.717) is 13.1 Å². The maximum atomic E-state index is 11.9. The van der Waals surface area contributed by atoms with Crippen LogP contribution in [0.3, 0.4) is 0 Å². The Kier molecular flexibility index (Phi) is 6.49. The van der Waals surface area contributed by atoms with Crippen LogP contribution in [0.15, 0.2) is 48.5 Å². The van der Waals surface area contributed by atoms with E-state index in [1.165, 1.54) is 0 Å². The minimum atomic E-state index is -0.208. The lowest BCUT2D eigenvalue weighted by Crippen LogP contribution is -2.34. The molecule has 0 radical (unpaired) electrons. The fourth-order valence-corrected chi connectivity index (χ4v) is 2.17. The predicted octanol–water partition coefficient (Wildman–Crippen LogP) is 3.48. The van der Waals surface area contributed by atoms with Crippen LogP contribution >= 0.6 is 0 Å². The number of hydrogen-bond acceptors (Lipinski definition) is 3. The monoisotopic (exact) mass is 328 g/mol. The number of ether oxygens (including phenoxy) is 2. The highest BCUT2D eigenvalue weighted by molar-refractivity contribution is 5.73. The summed E-state index contributed by atoms with van der Waals surface area (Å²) >= 11 is 0. The number of carbonyl (C=O) groups excluding carboxylic acids is 1. The molecule has 0 aliphatic carbocycles. The molecule has 0 aliphatic heterocycles. The van der Waals surface area contributed by atoms with Gasteiger partial charge in [0.2, 0.25) is 0 Å². The second-order valence-electron chi connectivity index (χ2n) is 5.70. The summed E-state index contributed by atoms with van der Waals surface area (Å²) in [5.41, 5.74) is 2.00. The Hall–Kier alpha value is -2.69. The second-order valence-corrected chi connectivity index (χ2v) is 5.70. The summed E-state index contributed by atoms with van der Waals surface area (Å²) < 4.78 is 10.8. The number of amides is 2. The summed E-state index contributed by atoms with van der Waals surface area (Å²) in [6.45, 7) is 4.89. The van der Waals surface area contributed by atoms with E-state index in [-0.39, 0.29) is 12.1 Å². The molecule has 0 aliphatic rings. The lowest BCUT2D eigenvalue weighted by molar-refractivity contribution is 0.240. The van der Waals surface area contributed by atoms with Crippen LogP contribution in [-0.4, -0.2) is 19.2 Å². The fourth-order valence-electron chi connectivity index (χ4n) is 2.17. The molecule has 2 aromatic carbocycles. The Morgan fingerprint density at radius 2 is 1.62 bits per heavy atom. The van der Waals surface area contributed by atoms with Gasteiger partial charge in [-0.25, -0.2) is 4.79 Å². The lowest BCUT2D eigenvalue weighted by Gasteiger charge is -2.11. The molecule has 0 fully saturated rings. The zero-order valence-corrected chi connectivity index (χ0v) is 14.3. The van der Waals surface area contributed by atoms with Crippen LogP contribution < -0.4 is 20.1 Å². The normalized spacial score (nSPS) is 10.3. The van der Waals surface area contributed by atoms with Gasteiger partial charge in [0.25, 0.3) is 0 Å². The van der Waals surface area contributed by atoms with Crippen molar-refractivity contribution in [3.05, 3.63) is 59.7 Å². The van der Waals surface area contributed by atoms with Crippen molar-refractivity contribution in [3.63, 3.8) is 0 Å². The summed E-state index contributed by atoms with van der Waals surface area (Å²) in [5, 5.41) is 5.66. The van der Waals surface area contributed by atoms with Gasteiger partial charge in [0.05, 0.1) is 13.2 Å². The molecule has 2 amide bonds. The third-order valence-electron chi connectivity index (χ3n) is 3.34. The SMILES string of the molecule is COc1cccc(CNC(=O)NCc2ccc(OC(C)C)cc2)c1. The number of hydrogen-bond donors (Lipinski definition) is 2. The Morgan fingerprint density at radius 1 is 0.958 bits per heavy atom. The van der Waals surface area contributed by atoms with E-state index in [1.54, 1.807) is 7.11 Å². The van der Waals surface area contributed by atoms with Gasteiger partial charge in [-0.15, -0.1) is 0 Å². The molecule has 2 rings (SSSR count). The molecule has 0 unspecified atom stereocenters. The van der Waals surface area contributed by atoms with Crippen LogP contribution in [-0.2, 0) is 13.1 Å². The van der Waals surface area contributed by atoms with E-state index in [9.17, 15) is 4.79 Å². The molecule has 0 aromatic heterocycles. The summed E-state index contributed by atoms with van der Waals surface area (Å²) in [7, 11) is 1.62. The third kappa shape index (κ3) is 5.83. The summed E-state index contributed by atoms with van der Waals surface area (Å²) in [5.74, 6) is 1.61. The molecule has 128 valence electrons. The molecule has 0 saturated carbocycles. The third-order valence-corrected chi connectivity index (χ3v) is 3.34. The van der Waals surface area contributed by atoms with Crippen LogP contribution in [0.2, 0.25) is 0 Å². The summed E-state index contributed by atoms with van der Waals surface area (Å²) in [6.07, 6.45) is 0.149. The maximum Gasteiger partial charge on any atom is 0.315 e. The molecule has 2 aromatic rings. The maximum absolute atomic E-state index is 11.9. The van der Waals surface area contributed by atoms with Crippen molar-refractivity contribution in [2.24, 2.45) is 0 Å². The fraction of sp³-hybridized carbons (Fsp3) is 0.316. The van der Waals surface area contributed by atoms with Gasteiger partial charge in [-0.05, 0) is 49.2 Å². The zero-order chi connectivity index (χ0) is 17.4. The van der Waals surface area contributed by atoms with E-state index in [0.717, 1.165) is 22.6 Å². The van der Waals surface area contributed by atoms with Gasteiger partial charge < -0.3 is 20.1 Å². The molecule has 2 N–H and O–H groups in total. The quantitative estimate of drug-likeness (QED) is 0.818. The number of rotatable bonds is 7. The zero-order valence-electron chi connectivity index (χ0n) is 14.3. The number of carbonyl (C=O) groups is 1. The van der Waals surface area contributed by atoms with Crippen molar-refractivity contribution in [2.75, 3.05) is 7.11 Å². The second kappa shape index (κ2) is 8.82. The number of nitrogens with one attached hydrogen (secondary N) is 2. The van der Waals surface area contributed by atoms with Gasteiger partial charge in [0, 0.05) is 13.1 Å². The Morgan fingerprint density at radius 3 is 2.25 bits per heavy atom. The van der Waals surface area contributed by atoms with Crippen LogP contribution in [0, 0.1) is 0 Å². The van der Waals surface area contributed by atoms with Crippen LogP contribution in [0.25, 0.3) is 0 Å². The molecular formula is C19H24N2O3. The Labute approximate surface area is 143 Å². The predicted molar refractivity (Wildman–Crippen MR) is 94.3 cm³/mol. The largest absolute Gasteiger partial charge is 0.497 e. The minimum Gasteiger partial charge on any atom is -0.497 e. The van der Waals surface area contributed by atoms with E-state index >= 15 is 0 Å². The van der Waals surface area contributed by atoms with Gasteiger partial charge in [0.15, 0.2) is 0 Å². The van der Waals surface area contributed by atoms with E-state index in [1.807, 2.05) is 62.4 Å². The standard InChI is InChI=1S/C19H24N2O3/c1-14(2)24-17-9-7-15(8-10-17)12-20-19(22)21-13-16-5-4-6-18(11-16)23-3/h4-11,14H,12-13H2,1-3H3,(H2,20,21,22). The molecular weight excluding hydrogens is 304 g/mol. The van der Waals surface area contributed by atoms with Crippen molar-refractivity contribution < 1.29 is 14.3 Å². The van der Waals surface area contributed by atoms with Crippen molar-refractivity contribution in [2.45, 2.75) is 33.0 Å². The average molecular weight is 328 g/mol. The van der Waals surface area contributed by atoms with Crippen molar-refractivity contribution in [1.82, 2.24) is 10.6 Å². The van der Waals surface area contributed by atoms with Crippen LogP contribution in [0.1, 0.15) is 25.0 Å². The highest BCUT2D eigenvalue weighted by Crippen LogP contribution is 2.14. The first-order valence-corrected chi connectivity index (χ1v) is 7.97. The van der Waals surface area contributed by atoms with E-state index in [2.05, 4.69) is 10.6 Å². The van der Waals surface area contributed by atoms with E-state index < -0.39 is 0 Å². The number of benzene rings is 2. The highest BCUT2D eigenvalue weighted by Gasteiger charge is 2.03. The highest BCUT2D eigenvalue weighted by atomic mass is 16.5. The van der Waals surface area contributed by atoms with Gasteiger partial charge in [-0.3, -0.25) is 0 Å². The van der Waals surface area contributed by atoms with Gasteiger partial charge in [-0.2, -0.15) is 0 Å². The summed E-state index contributed by atoms with van der Waals surface area (Å²) in [6, 6.07) is 15.1. The first-order chi connectivity index (χ1) is 11.6. The topological polar surface area (TPSA) is 59.6 Å². The lowest BCUT2D eigenvalue weighted by atomic mass is 10.2. The molecule has 5 heteroatoms. The first-order valence-electron chi connectivity index (χ1n) is 7.97. The van der Waals surface area contributed by atoms with Crippen LogP contribution in [0.4, 0.5) is 4.79 Å². The van der Waals surface area contributed by atoms with Crippen molar-refractivity contribution in [3.8, 4) is 11.5 Å². The van der Waals surface area contributed by atoms with Gasteiger partial charge >= 0.3 is 6.03 Å². The first kappa shape index (κ1) is 17.7. The molecule has 24 heavy (non-hydrogen) atoms. The Bertz CT molecular complexity index is 654. The Balaban J connectivity index is 1.76. The molecule has 0 heterocycles. The number of methoxy groups -OCH3 is 1. The summed E-state index contributed by atoms with van der Waals surface area (Å²) in [4.78, 5) is 11.9. The van der Waals surface area contributed by atoms with Crippen molar-refractivity contribution >= 4 is 6.03 Å². The smallest absolute Gasteiger partial charge is 0.315 e. The van der Waals surface area contributed by atoms with Gasteiger partial charge in [-0.1, -0.05) is 24.3 Å². The molecule has 0 atom stereocenters. The molecule has 0 spiro atoms. The van der Waals surface area contributed by atoms with E-state index in [4.69, 9.17) is 9.47 Å². The number of urea groups is 1. The van der Waals surface area contributed by atoms with Crippen molar-refractivity contribution in [1.29, 1.82) is 0 Å². The van der Waals surface area contributed by atoms with Gasteiger partial charge in [0.1, 0.15) is 11.5 Å².